The smallest absolute Gasteiger partial charge is 0.120 e. The van der Waals surface area contributed by atoms with E-state index in [2.05, 4.69) is 60.6 Å². The third-order valence-electron chi connectivity index (χ3n) is 3.07. The van der Waals surface area contributed by atoms with Gasteiger partial charge < -0.3 is 5.32 Å². The summed E-state index contributed by atoms with van der Waals surface area (Å²) < 4.78 is 0. The Hall–Kier alpha value is -1.87. The molecule has 0 spiro atoms. The van der Waals surface area contributed by atoms with E-state index in [-0.39, 0.29) is 6.04 Å². The van der Waals surface area contributed by atoms with Gasteiger partial charge in [-0.2, -0.15) is 0 Å². The molecule has 1 aromatic heterocycles. The van der Waals surface area contributed by atoms with Gasteiger partial charge in [-0.15, -0.1) is 11.3 Å². The van der Waals surface area contributed by atoms with E-state index in [4.69, 9.17) is 0 Å². The van der Waals surface area contributed by atoms with Crippen molar-refractivity contribution in [3.05, 3.63) is 70.3 Å². The maximum atomic E-state index is 4.32. The Labute approximate surface area is 124 Å². The zero-order valence-corrected chi connectivity index (χ0v) is 12.9. The molecule has 0 aliphatic carbocycles. The number of nitrogens with zero attached hydrogens (tertiary/aromatic N) is 1. The van der Waals surface area contributed by atoms with Gasteiger partial charge in [0, 0.05) is 23.3 Å². The topological polar surface area (TPSA) is 24.9 Å². The number of allylic oxidation sites excluding steroid dienone is 2. The Morgan fingerprint density at radius 1 is 1.30 bits per heavy atom. The fourth-order valence-corrected chi connectivity index (χ4v) is 2.54. The Balaban J connectivity index is 2.14. The van der Waals surface area contributed by atoms with Gasteiger partial charge in [0.2, 0.25) is 0 Å². The van der Waals surface area contributed by atoms with Crippen LogP contribution in [0.15, 0.2) is 54.2 Å². The molecule has 1 N–H and O–H groups in total. The standard InChI is InChI=1S/C17H20N2S/c1-4-5-16(15-8-6-13(2)7-9-15)19-12-14(3)17-18-10-11-20-17/h4-12,16,19H,1-3H3/b5-4-,14-12+. The maximum absolute atomic E-state index is 4.32. The summed E-state index contributed by atoms with van der Waals surface area (Å²) in [5, 5.41) is 6.51. The molecule has 104 valence electrons. The van der Waals surface area contributed by atoms with Gasteiger partial charge in [-0.25, -0.2) is 4.98 Å². The van der Waals surface area contributed by atoms with Crippen molar-refractivity contribution < 1.29 is 0 Å². The molecule has 1 aromatic carbocycles. The normalized spacial score (nSPS) is 13.7. The highest BCUT2D eigenvalue weighted by Crippen LogP contribution is 2.19. The van der Waals surface area contributed by atoms with E-state index in [0.717, 1.165) is 10.6 Å². The molecule has 0 aliphatic heterocycles. The van der Waals surface area contributed by atoms with Crippen LogP contribution < -0.4 is 5.32 Å². The van der Waals surface area contributed by atoms with Crippen molar-refractivity contribution in [2.75, 3.05) is 0 Å². The molecule has 2 nitrogen and oxygen atoms in total. The molecule has 0 saturated heterocycles. The number of nitrogens with one attached hydrogen (secondary N) is 1. The zero-order chi connectivity index (χ0) is 14.4. The Morgan fingerprint density at radius 2 is 2.05 bits per heavy atom. The van der Waals surface area contributed by atoms with Crippen molar-refractivity contribution in [2.24, 2.45) is 0 Å². The van der Waals surface area contributed by atoms with Crippen molar-refractivity contribution in [2.45, 2.75) is 26.8 Å². The average Bonchev–Trinajstić information content (AvgIpc) is 2.98. The van der Waals surface area contributed by atoms with Gasteiger partial charge in [-0.3, -0.25) is 0 Å². The van der Waals surface area contributed by atoms with E-state index in [9.17, 15) is 0 Å². The molecule has 0 bridgehead atoms. The van der Waals surface area contributed by atoms with Gasteiger partial charge in [0.25, 0.3) is 0 Å². The molecule has 0 saturated carbocycles. The van der Waals surface area contributed by atoms with Crippen LogP contribution in [-0.2, 0) is 0 Å². The molecular formula is C17H20N2S. The summed E-state index contributed by atoms with van der Waals surface area (Å²) in [6.45, 7) is 6.22. The molecule has 0 fully saturated rings. The van der Waals surface area contributed by atoms with Crippen LogP contribution in [0.5, 0.6) is 0 Å². The van der Waals surface area contributed by atoms with Crippen LogP contribution in [0.1, 0.15) is 36.0 Å². The highest BCUT2D eigenvalue weighted by molar-refractivity contribution is 7.10. The zero-order valence-electron chi connectivity index (χ0n) is 12.1. The number of rotatable bonds is 5. The largest absolute Gasteiger partial charge is 0.380 e. The number of aryl methyl sites for hydroxylation is 1. The van der Waals surface area contributed by atoms with E-state index >= 15 is 0 Å². The molecule has 1 unspecified atom stereocenters. The van der Waals surface area contributed by atoms with Crippen molar-refractivity contribution in [3.63, 3.8) is 0 Å². The summed E-state index contributed by atoms with van der Waals surface area (Å²) in [5.74, 6) is 0. The summed E-state index contributed by atoms with van der Waals surface area (Å²) in [7, 11) is 0. The molecule has 2 aromatic rings. The van der Waals surface area contributed by atoms with Gasteiger partial charge in [-0.1, -0.05) is 42.0 Å². The molecule has 2 rings (SSSR count). The lowest BCUT2D eigenvalue weighted by Gasteiger charge is -2.14. The minimum atomic E-state index is 0.190. The van der Waals surface area contributed by atoms with Crippen LogP contribution in [-0.4, -0.2) is 4.98 Å². The SMILES string of the molecule is C/C=C\C(N/C=C(\C)c1nccs1)c1ccc(C)cc1. The first-order valence-electron chi connectivity index (χ1n) is 6.73. The summed E-state index contributed by atoms with van der Waals surface area (Å²) in [6.07, 6.45) is 8.12. The maximum Gasteiger partial charge on any atom is 0.120 e. The molecular weight excluding hydrogens is 264 g/mol. The first-order valence-corrected chi connectivity index (χ1v) is 7.60. The van der Waals surface area contributed by atoms with E-state index in [1.807, 2.05) is 24.7 Å². The van der Waals surface area contributed by atoms with Crippen LogP contribution >= 0.6 is 11.3 Å². The Kier molecular flexibility index (Phi) is 5.13. The van der Waals surface area contributed by atoms with Crippen LogP contribution in [0.4, 0.5) is 0 Å². The van der Waals surface area contributed by atoms with E-state index in [1.54, 1.807) is 11.3 Å². The minimum Gasteiger partial charge on any atom is -0.380 e. The lowest BCUT2D eigenvalue weighted by molar-refractivity contribution is 0.754. The second-order valence-electron chi connectivity index (χ2n) is 4.75. The molecule has 20 heavy (non-hydrogen) atoms. The number of thiazole rings is 1. The Morgan fingerprint density at radius 3 is 2.65 bits per heavy atom. The number of benzene rings is 1. The highest BCUT2D eigenvalue weighted by atomic mass is 32.1. The van der Waals surface area contributed by atoms with Crippen molar-refractivity contribution >= 4 is 16.9 Å². The molecule has 0 aliphatic rings. The van der Waals surface area contributed by atoms with Crippen LogP contribution in [0, 0.1) is 6.92 Å². The number of aromatic nitrogens is 1. The summed E-state index contributed by atoms with van der Waals surface area (Å²) in [5.41, 5.74) is 3.70. The molecule has 1 atom stereocenters. The van der Waals surface area contributed by atoms with Crippen LogP contribution in [0.2, 0.25) is 0 Å². The lowest BCUT2D eigenvalue weighted by atomic mass is 10.0. The first-order chi connectivity index (χ1) is 9.70. The third-order valence-corrected chi connectivity index (χ3v) is 3.98. The van der Waals surface area contributed by atoms with E-state index < -0.39 is 0 Å². The second-order valence-corrected chi connectivity index (χ2v) is 5.64. The van der Waals surface area contributed by atoms with Gasteiger partial charge >= 0.3 is 0 Å². The van der Waals surface area contributed by atoms with E-state index in [1.165, 1.54) is 11.1 Å². The summed E-state index contributed by atoms with van der Waals surface area (Å²) in [4.78, 5) is 4.32. The summed E-state index contributed by atoms with van der Waals surface area (Å²) in [6, 6.07) is 8.81. The molecule has 0 radical (unpaired) electrons. The van der Waals surface area contributed by atoms with Crippen molar-refractivity contribution in [1.29, 1.82) is 0 Å². The van der Waals surface area contributed by atoms with Gasteiger partial charge in [0.15, 0.2) is 0 Å². The van der Waals surface area contributed by atoms with Gasteiger partial charge in [0.05, 0.1) is 6.04 Å². The van der Waals surface area contributed by atoms with Crippen LogP contribution in [0.3, 0.4) is 0 Å². The highest BCUT2D eigenvalue weighted by Gasteiger charge is 2.06. The monoisotopic (exact) mass is 284 g/mol. The first kappa shape index (κ1) is 14.5. The van der Waals surface area contributed by atoms with Crippen molar-refractivity contribution in [3.8, 4) is 0 Å². The number of hydrogen-bond acceptors (Lipinski definition) is 3. The second kappa shape index (κ2) is 7.06. The minimum absolute atomic E-state index is 0.190. The van der Waals surface area contributed by atoms with Crippen molar-refractivity contribution in [1.82, 2.24) is 10.3 Å². The quantitative estimate of drug-likeness (QED) is 0.804. The predicted octanol–water partition coefficient (Wildman–Crippen LogP) is 4.72. The molecule has 0 amide bonds. The third kappa shape index (κ3) is 3.81. The van der Waals surface area contributed by atoms with Crippen LogP contribution in [0.25, 0.3) is 5.57 Å². The average molecular weight is 284 g/mol. The molecule has 1 heterocycles. The lowest BCUT2D eigenvalue weighted by Crippen LogP contribution is -2.13. The molecule has 3 heteroatoms. The van der Waals surface area contributed by atoms with Gasteiger partial charge in [0.1, 0.15) is 5.01 Å². The van der Waals surface area contributed by atoms with Gasteiger partial charge in [-0.05, 0) is 26.3 Å². The Bertz CT molecular complexity index is 580. The fourth-order valence-electron chi connectivity index (χ4n) is 1.92. The predicted molar refractivity (Wildman–Crippen MR) is 87.6 cm³/mol. The fraction of sp³-hybridized carbons (Fsp3) is 0.235. The summed E-state index contributed by atoms with van der Waals surface area (Å²) >= 11 is 1.66. The van der Waals surface area contributed by atoms with E-state index in [0.29, 0.717) is 0 Å². The number of hydrogen-bond donors (Lipinski definition) is 1.